The molecule has 1 saturated carbocycles. The van der Waals surface area contributed by atoms with Crippen LogP contribution in [0.25, 0.3) is 0 Å². The highest BCUT2D eigenvalue weighted by Gasteiger charge is 2.37. The minimum absolute atomic E-state index is 0.0502. The molecule has 0 aromatic carbocycles. The van der Waals surface area contributed by atoms with Gasteiger partial charge in [-0.1, -0.05) is 19.8 Å². The Morgan fingerprint density at radius 1 is 1.39 bits per heavy atom. The lowest BCUT2D eigenvalue weighted by Crippen LogP contribution is -2.58. The van der Waals surface area contributed by atoms with Gasteiger partial charge in [-0.2, -0.15) is 0 Å². The maximum atomic E-state index is 12.2. The van der Waals surface area contributed by atoms with Crippen LogP contribution in [-0.2, 0) is 9.53 Å². The number of rotatable bonds is 3. The largest absolute Gasteiger partial charge is 0.368 e. The summed E-state index contributed by atoms with van der Waals surface area (Å²) in [6.45, 7) is 3.49. The first-order chi connectivity index (χ1) is 8.65. The monoisotopic (exact) mass is 254 g/mol. The lowest BCUT2D eigenvalue weighted by atomic mass is 9.76. The van der Waals surface area contributed by atoms with Crippen molar-refractivity contribution in [2.45, 2.75) is 63.5 Å². The van der Waals surface area contributed by atoms with Gasteiger partial charge in [-0.25, -0.2) is 0 Å². The molecule has 4 heteroatoms. The second kappa shape index (κ2) is 6.02. The van der Waals surface area contributed by atoms with Gasteiger partial charge in [0.2, 0.25) is 5.91 Å². The summed E-state index contributed by atoms with van der Waals surface area (Å²) >= 11 is 0. The summed E-state index contributed by atoms with van der Waals surface area (Å²) in [6, 6.07) is 0. The standard InChI is InChI=1S/C14H26N2O2/c1-11-5-4-7-14(9-11,10-15)16-13(17)12-6-2-3-8-18-12/h11-12H,2-10,15H2,1H3,(H,16,17). The van der Waals surface area contributed by atoms with Crippen LogP contribution >= 0.6 is 0 Å². The summed E-state index contributed by atoms with van der Waals surface area (Å²) in [5, 5.41) is 3.19. The van der Waals surface area contributed by atoms with Crippen LogP contribution in [0, 0.1) is 5.92 Å². The Hall–Kier alpha value is -0.610. The molecular weight excluding hydrogens is 228 g/mol. The Bertz CT molecular complexity index is 290. The van der Waals surface area contributed by atoms with Gasteiger partial charge in [-0.15, -0.1) is 0 Å². The minimum Gasteiger partial charge on any atom is -0.368 e. The molecule has 3 unspecified atom stereocenters. The molecule has 18 heavy (non-hydrogen) atoms. The van der Waals surface area contributed by atoms with Gasteiger partial charge in [0.05, 0.1) is 5.54 Å². The van der Waals surface area contributed by atoms with Crippen molar-refractivity contribution in [3.63, 3.8) is 0 Å². The summed E-state index contributed by atoms with van der Waals surface area (Å²) in [7, 11) is 0. The van der Waals surface area contributed by atoms with Gasteiger partial charge in [0.25, 0.3) is 0 Å². The van der Waals surface area contributed by atoms with E-state index in [1.165, 1.54) is 6.42 Å². The van der Waals surface area contributed by atoms with Crippen molar-refractivity contribution >= 4 is 5.91 Å². The Balaban J connectivity index is 1.94. The minimum atomic E-state index is -0.251. The van der Waals surface area contributed by atoms with Crippen LogP contribution in [0.4, 0.5) is 0 Å². The Morgan fingerprint density at radius 3 is 2.83 bits per heavy atom. The number of nitrogens with two attached hydrogens (primary N) is 1. The molecule has 104 valence electrons. The number of nitrogens with one attached hydrogen (secondary N) is 1. The number of carbonyl (C=O) groups is 1. The normalized spacial score (nSPS) is 37.2. The van der Waals surface area contributed by atoms with Crippen LogP contribution in [0.15, 0.2) is 0 Å². The van der Waals surface area contributed by atoms with E-state index in [4.69, 9.17) is 10.5 Å². The highest BCUT2D eigenvalue weighted by Crippen LogP contribution is 2.32. The molecule has 1 aliphatic heterocycles. The van der Waals surface area contributed by atoms with Gasteiger partial charge < -0.3 is 15.8 Å². The summed E-state index contributed by atoms with van der Waals surface area (Å²) in [4.78, 5) is 12.2. The molecule has 0 bridgehead atoms. The molecule has 2 fully saturated rings. The quantitative estimate of drug-likeness (QED) is 0.803. The fourth-order valence-electron chi connectivity index (χ4n) is 3.30. The second-order valence-electron chi connectivity index (χ2n) is 6.03. The van der Waals surface area contributed by atoms with Gasteiger partial charge in [0, 0.05) is 13.2 Å². The van der Waals surface area contributed by atoms with Crippen LogP contribution in [-0.4, -0.2) is 30.7 Å². The predicted molar refractivity (Wildman–Crippen MR) is 71.2 cm³/mol. The van der Waals surface area contributed by atoms with Crippen LogP contribution in [0.2, 0.25) is 0 Å². The first-order valence-electron chi connectivity index (χ1n) is 7.29. The van der Waals surface area contributed by atoms with Crippen LogP contribution < -0.4 is 11.1 Å². The van der Waals surface area contributed by atoms with Crippen LogP contribution in [0.1, 0.15) is 51.9 Å². The number of ether oxygens (including phenoxy) is 1. The van der Waals surface area contributed by atoms with Crippen molar-refractivity contribution in [3.05, 3.63) is 0 Å². The smallest absolute Gasteiger partial charge is 0.249 e. The Labute approximate surface area is 110 Å². The van der Waals surface area contributed by atoms with E-state index < -0.39 is 0 Å². The highest BCUT2D eigenvalue weighted by atomic mass is 16.5. The fourth-order valence-corrected chi connectivity index (χ4v) is 3.30. The molecule has 1 saturated heterocycles. The molecule has 1 aliphatic carbocycles. The number of hydrogen-bond acceptors (Lipinski definition) is 3. The van der Waals surface area contributed by atoms with E-state index in [0.29, 0.717) is 19.1 Å². The number of hydrogen-bond donors (Lipinski definition) is 2. The average Bonchev–Trinajstić information content (AvgIpc) is 2.39. The zero-order valence-electron chi connectivity index (χ0n) is 11.4. The third-order valence-electron chi connectivity index (χ3n) is 4.34. The molecular formula is C14H26N2O2. The van der Waals surface area contributed by atoms with Crippen molar-refractivity contribution in [2.24, 2.45) is 11.7 Å². The van der Waals surface area contributed by atoms with Gasteiger partial charge >= 0.3 is 0 Å². The molecule has 0 spiro atoms. The lowest BCUT2D eigenvalue weighted by molar-refractivity contribution is -0.138. The third kappa shape index (κ3) is 3.23. The van der Waals surface area contributed by atoms with Crippen molar-refractivity contribution in [3.8, 4) is 0 Å². The maximum Gasteiger partial charge on any atom is 0.249 e. The third-order valence-corrected chi connectivity index (χ3v) is 4.34. The van der Waals surface area contributed by atoms with Gasteiger partial charge in [-0.3, -0.25) is 4.79 Å². The molecule has 2 aliphatic rings. The molecule has 0 radical (unpaired) electrons. The molecule has 0 aromatic rings. The van der Waals surface area contributed by atoms with Crippen molar-refractivity contribution < 1.29 is 9.53 Å². The number of amides is 1. The fraction of sp³-hybridized carbons (Fsp3) is 0.929. The summed E-state index contributed by atoms with van der Waals surface area (Å²) < 4.78 is 5.54. The van der Waals surface area contributed by atoms with Crippen molar-refractivity contribution in [1.29, 1.82) is 0 Å². The Kier molecular flexibility index (Phi) is 4.62. The topological polar surface area (TPSA) is 64.3 Å². The van der Waals surface area contributed by atoms with E-state index in [1.807, 2.05) is 0 Å². The van der Waals surface area contributed by atoms with E-state index in [9.17, 15) is 4.79 Å². The first-order valence-corrected chi connectivity index (χ1v) is 7.29. The maximum absolute atomic E-state index is 12.2. The van der Waals surface area contributed by atoms with E-state index in [0.717, 1.165) is 38.5 Å². The van der Waals surface area contributed by atoms with Crippen LogP contribution in [0.5, 0.6) is 0 Å². The van der Waals surface area contributed by atoms with E-state index >= 15 is 0 Å². The Morgan fingerprint density at radius 2 is 2.22 bits per heavy atom. The molecule has 0 aromatic heterocycles. The summed E-state index contributed by atoms with van der Waals surface area (Å²) in [5.74, 6) is 0.698. The molecule has 2 rings (SSSR count). The van der Waals surface area contributed by atoms with E-state index in [2.05, 4.69) is 12.2 Å². The predicted octanol–water partition coefficient (Wildman–Crippen LogP) is 1.58. The van der Waals surface area contributed by atoms with Gasteiger partial charge in [-0.05, 0) is 38.0 Å². The zero-order valence-corrected chi connectivity index (χ0v) is 11.4. The zero-order chi connectivity index (χ0) is 13.0. The number of carbonyl (C=O) groups excluding carboxylic acids is 1. The molecule has 3 atom stereocenters. The van der Waals surface area contributed by atoms with Crippen LogP contribution in [0.3, 0.4) is 0 Å². The average molecular weight is 254 g/mol. The van der Waals surface area contributed by atoms with Gasteiger partial charge in [0.15, 0.2) is 0 Å². The van der Waals surface area contributed by atoms with E-state index in [-0.39, 0.29) is 17.6 Å². The van der Waals surface area contributed by atoms with Crippen molar-refractivity contribution in [1.82, 2.24) is 5.32 Å². The van der Waals surface area contributed by atoms with Crippen molar-refractivity contribution in [2.75, 3.05) is 13.2 Å². The van der Waals surface area contributed by atoms with E-state index in [1.54, 1.807) is 0 Å². The lowest BCUT2D eigenvalue weighted by Gasteiger charge is -2.41. The molecule has 3 N–H and O–H groups in total. The van der Waals surface area contributed by atoms with Gasteiger partial charge in [0.1, 0.15) is 6.10 Å². The second-order valence-corrected chi connectivity index (χ2v) is 6.03. The SMILES string of the molecule is CC1CCCC(CN)(NC(=O)C2CCCCO2)C1. The highest BCUT2D eigenvalue weighted by molar-refractivity contribution is 5.81. The molecule has 1 amide bonds. The first kappa shape index (κ1) is 13.8. The summed E-state index contributed by atoms with van der Waals surface area (Å²) in [6.07, 6.45) is 7.17. The summed E-state index contributed by atoms with van der Waals surface area (Å²) in [5.41, 5.74) is 5.74. The molecule has 4 nitrogen and oxygen atoms in total. The molecule has 1 heterocycles.